The minimum absolute atomic E-state index is 0.160. The van der Waals surface area contributed by atoms with Crippen molar-refractivity contribution in [2.24, 2.45) is 0 Å². The van der Waals surface area contributed by atoms with E-state index < -0.39 is 5.97 Å². The predicted molar refractivity (Wildman–Crippen MR) is 41.3 cm³/mol. The van der Waals surface area contributed by atoms with E-state index in [-0.39, 0.29) is 12.2 Å². The third kappa shape index (κ3) is 3.55. The third-order valence-corrected chi connectivity index (χ3v) is 1.36. The van der Waals surface area contributed by atoms with Crippen LogP contribution in [-0.2, 0) is 9.59 Å². The molecule has 1 N–H and O–H groups in total. The van der Waals surface area contributed by atoms with Crippen molar-refractivity contribution in [2.45, 2.75) is 27.2 Å². The van der Waals surface area contributed by atoms with Gasteiger partial charge in [0.15, 0.2) is 5.78 Å². The van der Waals surface area contributed by atoms with Gasteiger partial charge in [0, 0.05) is 5.57 Å². The Bertz CT molecular complexity index is 209. The zero-order valence-electron chi connectivity index (χ0n) is 6.97. The van der Waals surface area contributed by atoms with Crippen LogP contribution in [0, 0.1) is 0 Å². The molecule has 0 aromatic heterocycles. The first-order chi connectivity index (χ1) is 4.95. The van der Waals surface area contributed by atoms with E-state index in [1.165, 1.54) is 6.92 Å². The fourth-order valence-electron chi connectivity index (χ4n) is 0.805. The highest BCUT2D eigenvalue weighted by atomic mass is 16.4. The van der Waals surface area contributed by atoms with Crippen molar-refractivity contribution in [3.05, 3.63) is 11.1 Å². The maximum atomic E-state index is 10.8. The third-order valence-electron chi connectivity index (χ3n) is 1.36. The topological polar surface area (TPSA) is 54.4 Å². The van der Waals surface area contributed by atoms with Crippen molar-refractivity contribution in [3.63, 3.8) is 0 Å². The largest absolute Gasteiger partial charge is 0.481 e. The molecule has 0 saturated heterocycles. The summed E-state index contributed by atoms with van der Waals surface area (Å²) in [6.07, 6.45) is -0.169. The lowest BCUT2D eigenvalue weighted by molar-refractivity contribution is -0.136. The van der Waals surface area contributed by atoms with Gasteiger partial charge in [-0.3, -0.25) is 9.59 Å². The van der Waals surface area contributed by atoms with Crippen LogP contribution >= 0.6 is 0 Å². The van der Waals surface area contributed by atoms with Crippen LogP contribution in [0.25, 0.3) is 0 Å². The molecule has 0 heterocycles. The Hall–Kier alpha value is -1.12. The molecule has 62 valence electrons. The summed E-state index contributed by atoms with van der Waals surface area (Å²) in [4.78, 5) is 21.0. The van der Waals surface area contributed by atoms with Crippen LogP contribution in [0.3, 0.4) is 0 Å². The fourth-order valence-corrected chi connectivity index (χ4v) is 0.805. The van der Waals surface area contributed by atoms with Crippen LogP contribution in [0.1, 0.15) is 27.2 Å². The van der Waals surface area contributed by atoms with Crippen molar-refractivity contribution in [1.29, 1.82) is 0 Å². The molecule has 0 aromatic rings. The number of allylic oxidation sites excluding steroid dienone is 1. The van der Waals surface area contributed by atoms with Gasteiger partial charge in [-0.2, -0.15) is 0 Å². The number of carbonyl (C=O) groups excluding carboxylic acids is 1. The van der Waals surface area contributed by atoms with Gasteiger partial charge in [-0.1, -0.05) is 5.57 Å². The summed E-state index contributed by atoms with van der Waals surface area (Å²) in [5, 5.41) is 8.40. The van der Waals surface area contributed by atoms with Gasteiger partial charge in [0.2, 0.25) is 0 Å². The highest BCUT2D eigenvalue weighted by Gasteiger charge is 2.09. The van der Waals surface area contributed by atoms with E-state index in [2.05, 4.69) is 0 Å². The van der Waals surface area contributed by atoms with Crippen LogP contribution in [0.5, 0.6) is 0 Å². The molecule has 3 nitrogen and oxygen atoms in total. The standard InChI is InChI=1S/C8H12O3/c1-5(2)7(6(3)9)4-8(10)11/h4H2,1-3H3,(H,10,11). The molecule has 0 aliphatic rings. The zero-order chi connectivity index (χ0) is 9.02. The SMILES string of the molecule is CC(=O)C(CC(=O)O)=C(C)C. The van der Waals surface area contributed by atoms with Crippen LogP contribution < -0.4 is 0 Å². The summed E-state index contributed by atoms with van der Waals surface area (Å²) in [7, 11) is 0. The van der Waals surface area contributed by atoms with Gasteiger partial charge in [0.25, 0.3) is 0 Å². The number of hydrogen-bond donors (Lipinski definition) is 1. The molecular formula is C8H12O3. The van der Waals surface area contributed by atoms with Gasteiger partial charge in [0.05, 0.1) is 6.42 Å². The zero-order valence-corrected chi connectivity index (χ0v) is 6.97. The van der Waals surface area contributed by atoms with Crippen molar-refractivity contribution < 1.29 is 14.7 Å². The Morgan fingerprint density at radius 2 is 1.64 bits per heavy atom. The lowest BCUT2D eigenvalue weighted by Gasteiger charge is -2.01. The number of ketones is 1. The Kier molecular flexibility index (Phi) is 3.51. The van der Waals surface area contributed by atoms with E-state index >= 15 is 0 Å². The first-order valence-corrected chi connectivity index (χ1v) is 3.34. The van der Waals surface area contributed by atoms with E-state index in [0.29, 0.717) is 5.57 Å². The first-order valence-electron chi connectivity index (χ1n) is 3.34. The molecule has 0 saturated carbocycles. The summed E-state index contributed by atoms with van der Waals surface area (Å²) in [6.45, 7) is 4.85. The van der Waals surface area contributed by atoms with Gasteiger partial charge in [-0.15, -0.1) is 0 Å². The Balaban J connectivity index is 4.52. The van der Waals surface area contributed by atoms with E-state index in [1.54, 1.807) is 13.8 Å². The summed E-state index contributed by atoms with van der Waals surface area (Å²) < 4.78 is 0. The van der Waals surface area contributed by atoms with Gasteiger partial charge in [0.1, 0.15) is 0 Å². The maximum Gasteiger partial charge on any atom is 0.307 e. The molecule has 3 heteroatoms. The average Bonchev–Trinajstić information content (AvgIpc) is 1.81. The van der Waals surface area contributed by atoms with E-state index in [4.69, 9.17) is 5.11 Å². The van der Waals surface area contributed by atoms with E-state index in [1.807, 2.05) is 0 Å². The molecule has 0 aliphatic carbocycles. The highest BCUT2D eigenvalue weighted by Crippen LogP contribution is 2.08. The summed E-state index contributed by atoms with van der Waals surface area (Å²) in [5.74, 6) is -1.12. The number of carboxylic acids is 1. The molecule has 0 bridgehead atoms. The van der Waals surface area contributed by atoms with Gasteiger partial charge in [-0.25, -0.2) is 0 Å². The molecule has 0 rings (SSSR count). The Morgan fingerprint density at radius 3 is 1.73 bits per heavy atom. The molecule has 0 amide bonds. The summed E-state index contributed by atoms with van der Waals surface area (Å²) in [5.41, 5.74) is 1.18. The van der Waals surface area contributed by atoms with Crippen molar-refractivity contribution in [3.8, 4) is 0 Å². The molecular weight excluding hydrogens is 144 g/mol. The minimum Gasteiger partial charge on any atom is -0.481 e. The Labute approximate surface area is 65.7 Å². The second-order valence-corrected chi connectivity index (χ2v) is 2.61. The number of hydrogen-bond acceptors (Lipinski definition) is 2. The molecule has 0 atom stereocenters. The van der Waals surface area contributed by atoms with E-state index in [9.17, 15) is 9.59 Å². The molecule has 0 radical (unpaired) electrons. The molecule has 0 unspecified atom stereocenters. The van der Waals surface area contributed by atoms with Crippen LogP contribution in [-0.4, -0.2) is 16.9 Å². The van der Waals surface area contributed by atoms with Crippen molar-refractivity contribution >= 4 is 11.8 Å². The highest BCUT2D eigenvalue weighted by molar-refractivity contribution is 5.97. The molecule has 11 heavy (non-hydrogen) atoms. The van der Waals surface area contributed by atoms with Crippen LogP contribution in [0.4, 0.5) is 0 Å². The molecule has 0 aromatic carbocycles. The molecule has 0 aliphatic heterocycles. The molecule has 0 spiro atoms. The average molecular weight is 156 g/mol. The van der Waals surface area contributed by atoms with Gasteiger partial charge in [-0.05, 0) is 20.8 Å². The second-order valence-electron chi connectivity index (χ2n) is 2.61. The normalized spacial score (nSPS) is 9.00. The van der Waals surface area contributed by atoms with E-state index in [0.717, 1.165) is 5.57 Å². The monoisotopic (exact) mass is 156 g/mol. The lowest BCUT2D eigenvalue weighted by Crippen LogP contribution is -2.05. The summed E-state index contributed by atoms with van der Waals surface area (Å²) in [6, 6.07) is 0. The second kappa shape index (κ2) is 3.91. The van der Waals surface area contributed by atoms with Crippen molar-refractivity contribution in [2.75, 3.05) is 0 Å². The number of carbonyl (C=O) groups is 2. The summed E-state index contributed by atoms with van der Waals surface area (Å²) >= 11 is 0. The van der Waals surface area contributed by atoms with Gasteiger partial charge >= 0.3 is 5.97 Å². The smallest absolute Gasteiger partial charge is 0.307 e. The quantitative estimate of drug-likeness (QED) is 0.628. The number of Topliss-reactive ketones (excluding diaryl/α,β-unsaturated/α-hetero) is 1. The predicted octanol–water partition coefficient (Wildman–Crippen LogP) is 1.39. The molecule has 0 fully saturated rings. The number of rotatable bonds is 3. The maximum absolute atomic E-state index is 10.8. The lowest BCUT2D eigenvalue weighted by atomic mass is 10.0. The fraction of sp³-hybridized carbons (Fsp3) is 0.500. The van der Waals surface area contributed by atoms with Crippen LogP contribution in [0.15, 0.2) is 11.1 Å². The van der Waals surface area contributed by atoms with Crippen molar-refractivity contribution in [1.82, 2.24) is 0 Å². The van der Waals surface area contributed by atoms with Crippen LogP contribution in [0.2, 0.25) is 0 Å². The minimum atomic E-state index is -0.962. The Morgan fingerprint density at radius 1 is 1.18 bits per heavy atom. The number of aliphatic carboxylic acids is 1. The van der Waals surface area contributed by atoms with Gasteiger partial charge < -0.3 is 5.11 Å². The first kappa shape index (κ1) is 9.88. The number of carboxylic acid groups (broad SMARTS) is 1.